The SMILES string of the molecule is COc1ccccc1CNC(=O)[C@H](C)NC(=O)OCc1ccccc1. The highest BCUT2D eigenvalue weighted by Crippen LogP contribution is 2.16. The summed E-state index contributed by atoms with van der Waals surface area (Å²) in [5.41, 5.74) is 1.74. The Balaban J connectivity index is 1.76. The summed E-state index contributed by atoms with van der Waals surface area (Å²) in [6.07, 6.45) is -0.635. The maximum Gasteiger partial charge on any atom is 0.408 e. The number of hydrogen-bond donors (Lipinski definition) is 2. The number of nitrogens with one attached hydrogen (secondary N) is 2. The van der Waals surface area contributed by atoms with Crippen molar-refractivity contribution in [2.24, 2.45) is 0 Å². The zero-order chi connectivity index (χ0) is 18.1. The summed E-state index contributed by atoms with van der Waals surface area (Å²) >= 11 is 0. The van der Waals surface area contributed by atoms with Crippen LogP contribution >= 0.6 is 0 Å². The third-order valence-corrected chi connectivity index (χ3v) is 3.59. The van der Waals surface area contributed by atoms with Gasteiger partial charge in [-0.2, -0.15) is 0 Å². The highest BCUT2D eigenvalue weighted by Gasteiger charge is 2.16. The molecule has 0 aliphatic heterocycles. The summed E-state index contributed by atoms with van der Waals surface area (Å²) in [5, 5.41) is 5.27. The molecule has 2 aromatic rings. The van der Waals surface area contributed by atoms with Crippen LogP contribution in [0.4, 0.5) is 4.79 Å². The van der Waals surface area contributed by atoms with Gasteiger partial charge in [-0.25, -0.2) is 4.79 Å². The molecule has 2 amide bonds. The molecule has 0 aromatic heterocycles. The van der Waals surface area contributed by atoms with Crippen molar-refractivity contribution in [3.05, 3.63) is 65.7 Å². The van der Waals surface area contributed by atoms with E-state index in [2.05, 4.69) is 10.6 Å². The summed E-state index contributed by atoms with van der Waals surface area (Å²) in [6.45, 7) is 2.07. The Hall–Kier alpha value is -3.02. The normalized spacial score (nSPS) is 11.3. The van der Waals surface area contributed by atoms with Crippen molar-refractivity contribution in [1.82, 2.24) is 10.6 Å². The van der Waals surface area contributed by atoms with E-state index in [1.807, 2.05) is 54.6 Å². The Morgan fingerprint density at radius 2 is 1.72 bits per heavy atom. The van der Waals surface area contributed by atoms with Gasteiger partial charge in [0, 0.05) is 12.1 Å². The van der Waals surface area contributed by atoms with Crippen LogP contribution in [0.15, 0.2) is 54.6 Å². The Morgan fingerprint density at radius 1 is 1.04 bits per heavy atom. The molecule has 0 saturated heterocycles. The van der Waals surface area contributed by atoms with E-state index in [9.17, 15) is 9.59 Å². The average Bonchev–Trinajstić information content (AvgIpc) is 2.65. The van der Waals surface area contributed by atoms with Crippen LogP contribution in [-0.2, 0) is 22.7 Å². The van der Waals surface area contributed by atoms with Gasteiger partial charge in [-0.3, -0.25) is 4.79 Å². The van der Waals surface area contributed by atoms with Gasteiger partial charge < -0.3 is 20.1 Å². The van der Waals surface area contributed by atoms with E-state index in [0.717, 1.165) is 11.1 Å². The van der Waals surface area contributed by atoms with Gasteiger partial charge in [0.05, 0.1) is 7.11 Å². The first-order valence-corrected chi connectivity index (χ1v) is 7.97. The summed E-state index contributed by atoms with van der Waals surface area (Å²) in [6, 6.07) is 16.0. The van der Waals surface area contributed by atoms with Crippen LogP contribution < -0.4 is 15.4 Å². The molecule has 25 heavy (non-hydrogen) atoms. The fourth-order valence-electron chi connectivity index (χ4n) is 2.19. The van der Waals surface area contributed by atoms with Crippen molar-refractivity contribution in [2.75, 3.05) is 7.11 Å². The topological polar surface area (TPSA) is 76.7 Å². The Bertz CT molecular complexity index is 704. The second-order valence-electron chi connectivity index (χ2n) is 5.46. The van der Waals surface area contributed by atoms with E-state index in [1.165, 1.54) is 0 Å². The number of alkyl carbamates (subject to hydrolysis) is 1. The van der Waals surface area contributed by atoms with E-state index in [0.29, 0.717) is 12.3 Å². The van der Waals surface area contributed by atoms with Crippen LogP contribution in [0, 0.1) is 0 Å². The van der Waals surface area contributed by atoms with Gasteiger partial charge in [0.1, 0.15) is 18.4 Å². The lowest BCUT2D eigenvalue weighted by Gasteiger charge is -2.15. The van der Waals surface area contributed by atoms with Crippen molar-refractivity contribution >= 4 is 12.0 Å². The fourth-order valence-corrected chi connectivity index (χ4v) is 2.19. The summed E-state index contributed by atoms with van der Waals surface area (Å²) < 4.78 is 10.3. The van der Waals surface area contributed by atoms with Crippen molar-refractivity contribution in [3.63, 3.8) is 0 Å². The molecule has 0 aliphatic rings. The molecule has 6 heteroatoms. The first kappa shape index (κ1) is 18.3. The minimum atomic E-state index is -0.710. The number of rotatable bonds is 7. The predicted molar refractivity (Wildman–Crippen MR) is 94.1 cm³/mol. The van der Waals surface area contributed by atoms with Crippen molar-refractivity contribution in [2.45, 2.75) is 26.1 Å². The largest absolute Gasteiger partial charge is 0.496 e. The van der Waals surface area contributed by atoms with Gasteiger partial charge in [0.25, 0.3) is 0 Å². The van der Waals surface area contributed by atoms with E-state index in [4.69, 9.17) is 9.47 Å². The predicted octanol–water partition coefficient (Wildman–Crippen LogP) is 2.63. The molecule has 2 N–H and O–H groups in total. The van der Waals surface area contributed by atoms with Gasteiger partial charge >= 0.3 is 6.09 Å². The third-order valence-electron chi connectivity index (χ3n) is 3.59. The van der Waals surface area contributed by atoms with Crippen molar-refractivity contribution < 1.29 is 19.1 Å². The number of carbonyl (C=O) groups is 2. The van der Waals surface area contributed by atoms with Crippen LogP contribution in [0.5, 0.6) is 5.75 Å². The number of ether oxygens (including phenoxy) is 2. The maximum atomic E-state index is 12.1. The quantitative estimate of drug-likeness (QED) is 0.811. The Labute approximate surface area is 147 Å². The highest BCUT2D eigenvalue weighted by atomic mass is 16.5. The molecule has 2 aromatic carbocycles. The van der Waals surface area contributed by atoms with Gasteiger partial charge in [0.2, 0.25) is 5.91 Å². The molecular weight excluding hydrogens is 320 g/mol. The minimum Gasteiger partial charge on any atom is -0.496 e. The summed E-state index contributed by atoms with van der Waals surface area (Å²) in [4.78, 5) is 23.9. The van der Waals surface area contributed by atoms with E-state index >= 15 is 0 Å². The Morgan fingerprint density at radius 3 is 2.44 bits per heavy atom. The van der Waals surface area contributed by atoms with E-state index < -0.39 is 12.1 Å². The zero-order valence-electron chi connectivity index (χ0n) is 14.3. The zero-order valence-corrected chi connectivity index (χ0v) is 14.3. The van der Waals surface area contributed by atoms with Crippen LogP contribution in [0.2, 0.25) is 0 Å². The molecule has 132 valence electrons. The molecule has 0 heterocycles. The number of para-hydroxylation sites is 1. The highest BCUT2D eigenvalue weighted by molar-refractivity contribution is 5.85. The van der Waals surface area contributed by atoms with Gasteiger partial charge in [-0.1, -0.05) is 48.5 Å². The molecule has 0 unspecified atom stereocenters. The summed E-state index contributed by atoms with van der Waals surface area (Å²) in [5.74, 6) is 0.397. The smallest absolute Gasteiger partial charge is 0.408 e. The number of carbonyl (C=O) groups excluding carboxylic acids is 2. The molecule has 0 saturated carbocycles. The third kappa shape index (κ3) is 5.84. The van der Waals surface area contributed by atoms with E-state index in [-0.39, 0.29) is 12.5 Å². The number of amides is 2. The second kappa shape index (κ2) is 9.32. The number of benzene rings is 2. The molecule has 0 bridgehead atoms. The molecular formula is C19H22N2O4. The fraction of sp³-hybridized carbons (Fsp3) is 0.263. The molecule has 0 aliphatic carbocycles. The molecule has 6 nitrogen and oxygen atoms in total. The van der Waals surface area contributed by atoms with Crippen LogP contribution in [0.1, 0.15) is 18.1 Å². The molecule has 2 rings (SSSR count). The van der Waals surface area contributed by atoms with Crippen molar-refractivity contribution in [3.8, 4) is 5.75 Å². The second-order valence-corrected chi connectivity index (χ2v) is 5.46. The minimum absolute atomic E-state index is 0.155. The Kier molecular flexibility index (Phi) is 6.83. The maximum absolute atomic E-state index is 12.1. The average molecular weight is 342 g/mol. The molecule has 0 radical (unpaired) electrons. The molecule has 1 atom stereocenters. The molecule has 0 spiro atoms. The lowest BCUT2D eigenvalue weighted by atomic mass is 10.2. The van der Waals surface area contributed by atoms with Gasteiger partial charge in [-0.15, -0.1) is 0 Å². The first-order chi connectivity index (χ1) is 12.1. The summed E-state index contributed by atoms with van der Waals surface area (Å²) in [7, 11) is 1.58. The lowest BCUT2D eigenvalue weighted by molar-refractivity contribution is -0.122. The van der Waals surface area contributed by atoms with Crippen LogP contribution in [-0.4, -0.2) is 25.2 Å². The standard InChI is InChI=1S/C19H22N2O4/c1-14(21-19(23)25-13-15-8-4-3-5-9-15)18(22)20-12-16-10-6-7-11-17(16)24-2/h3-11,14H,12-13H2,1-2H3,(H,20,22)(H,21,23)/t14-/m0/s1. The molecule has 0 fully saturated rings. The van der Waals surface area contributed by atoms with E-state index in [1.54, 1.807) is 14.0 Å². The van der Waals surface area contributed by atoms with Crippen LogP contribution in [0.3, 0.4) is 0 Å². The number of methoxy groups -OCH3 is 1. The van der Waals surface area contributed by atoms with Crippen LogP contribution in [0.25, 0.3) is 0 Å². The first-order valence-electron chi connectivity index (χ1n) is 7.97. The van der Waals surface area contributed by atoms with Gasteiger partial charge in [-0.05, 0) is 18.6 Å². The lowest BCUT2D eigenvalue weighted by Crippen LogP contribution is -2.44. The van der Waals surface area contributed by atoms with Gasteiger partial charge in [0.15, 0.2) is 0 Å². The monoisotopic (exact) mass is 342 g/mol. The van der Waals surface area contributed by atoms with Crippen molar-refractivity contribution in [1.29, 1.82) is 0 Å². The number of hydrogen-bond acceptors (Lipinski definition) is 4.